The molecule has 2 aliphatic rings. The van der Waals surface area contributed by atoms with Gasteiger partial charge in [-0.25, -0.2) is 8.42 Å². The minimum Gasteiger partial charge on any atom is -0.314 e. The van der Waals surface area contributed by atoms with Gasteiger partial charge in [-0.3, -0.25) is 5.01 Å². The number of sulfonamides is 1. The number of anilines is 1. The van der Waals surface area contributed by atoms with E-state index in [1.165, 1.54) is 0 Å². The van der Waals surface area contributed by atoms with E-state index >= 15 is 0 Å². The minimum absolute atomic E-state index is 0.359. The molecule has 2 heterocycles. The summed E-state index contributed by atoms with van der Waals surface area (Å²) in [4.78, 5) is 0.359. The third-order valence-corrected chi connectivity index (χ3v) is 5.43. The van der Waals surface area contributed by atoms with Gasteiger partial charge >= 0.3 is 0 Å². The summed E-state index contributed by atoms with van der Waals surface area (Å²) in [6, 6.07) is 7.12. The second-order valence-corrected chi connectivity index (χ2v) is 6.67. The Balaban J connectivity index is 1.96. The lowest BCUT2D eigenvalue weighted by atomic mass is 10.3. The summed E-state index contributed by atoms with van der Waals surface area (Å²) < 4.78 is 27.1. The van der Waals surface area contributed by atoms with Crippen LogP contribution in [-0.4, -0.2) is 45.4 Å². The Morgan fingerprint density at radius 1 is 1.10 bits per heavy atom. The number of nitrogens with zero attached hydrogens (tertiary/aromatic N) is 2. The Morgan fingerprint density at radius 2 is 1.85 bits per heavy atom. The lowest BCUT2D eigenvalue weighted by Crippen LogP contribution is -2.46. The van der Waals surface area contributed by atoms with Crippen molar-refractivity contribution in [2.24, 2.45) is 0 Å². The van der Waals surface area contributed by atoms with Gasteiger partial charge in [0.05, 0.1) is 12.2 Å². The molecule has 0 amide bonds. The molecule has 108 valence electrons. The molecular formula is C13H18N4O2S. The van der Waals surface area contributed by atoms with Crippen molar-refractivity contribution in [2.75, 3.05) is 37.7 Å². The van der Waals surface area contributed by atoms with Crippen LogP contribution < -0.4 is 15.8 Å². The first-order valence-corrected chi connectivity index (χ1v) is 8.12. The Labute approximate surface area is 119 Å². The maximum Gasteiger partial charge on any atom is 0.245 e. The van der Waals surface area contributed by atoms with Gasteiger partial charge in [0.2, 0.25) is 10.0 Å². The molecule has 3 rings (SSSR count). The number of hydrogen-bond donors (Lipinski definition) is 2. The number of para-hydroxylation sites is 1. The lowest BCUT2D eigenvalue weighted by molar-refractivity contribution is 0.360. The van der Waals surface area contributed by atoms with E-state index in [4.69, 9.17) is 0 Å². The van der Waals surface area contributed by atoms with Crippen molar-refractivity contribution >= 4 is 15.7 Å². The molecule has 6 nitrogen and oxygen atoms in total. The van der Waals surface area contributed by atoms with Gasteiger partial charge in [-0.15, -0.1) is 0 Å². The van der Waals surface area contributed by atoms with Crippen LogP contribution in [0.2, 0.25) is 0 Å². The molecule has 1 saturated heterocycles. The topological polar surface area (TPSA) is 64.7 Å². The van der Waals surface area contributed by atoms with Gasteiger partial charge in [0.25, 0.3) is 0 Å². The second-order valence-electron chi connectivity index (χ2n) is 4.76. The zero-order chi connectivity index (χ0) is 14.0. The lowest BCUT2D eigenvalue weighted by Gasteiger charge is -2.29. The largest absolute Gasteiger partial charge is 0.314 e. The summed E-state index contributed by atoms with van der Waals surface area (Å²) in [5, 5.41) is 5.00. The van der Waals surface area contributed by atoms with Gasteiger partial charge < -0.3 is 10.7 Å². The molecule has 1 aromatic rings. The highest BCUT2D eigenvalue weighted by molar-refractivity contribution is 7.89. The fraction of sp³-hybridized carbons (Fsp3) is 0.385. The average molecular weight is 294 g/mol. The molecule has 0 unspecified atom stereocenters. The average Bonchev–Trinajstić information content (AvgIpc) is 3.02. The van der Waals surface area contributed by atoms with Gasteiger partial charge in [-0.05, 0) is 18.2 Å². The molecule has 0 saturated carbocycles. The van der Waals surface area contributed by atoms with E-state index in [2.05, 4.69) is 10.7 Å². The fourth-order valence-electron chi connectivity index (χ4n) is 2.44. The maximum atomic E-state index is 12.8. The van der Waals surface area contributed by atoms with Crippen LogP contribution in [0, 0.1) is 0 Å². The second kappa shape index (κ2) is 5.43. The Kier molecular flexibility index (Phi) is 3.64. The highest BCUT2D eigenvalue weighted by Gasteiger charge is 2.29. The van der Waals surface area contributed by atoms with E-state index in [1.54, 1.807) is 16.4 Å². The summed E-state index contributed by atoms with van der Waals surface area (Å²) in [7, 11) is -3.45. The van der Waals surface area contributed by atoms with Crippen LogP contribution in [-0.2, 0) is 10.0 Å². The van der Waals surface area contributed by atoms with E-state index in [1.807, 2.05) is 29.4 Å². The van der Waals surface area contributed by atoms with Crippen LogP contribution in [0.25, 0.3) is 0 Å². The van der Waals surface area contributed by atoms with Gasteiger partial charge in [0.15, 0.2) is 0 Å². The van der Waals surface area contributed by atoms with Crippen molar-refractivity contribution < 1.29 is 8.42 Å². The van der Waals surface area contributed by atoms with E-state index in [0.29, 0.717) is 43.3 Å². The molecule has 2 aliphatic heterocycles. The standard InChI is InChI=1S/C13H18N4O2S/c18-20(19,16-10-7-14-8-11-16)13-5-2-1-4-12(13)17-9-3-6-15-17/h1-6,14-15H,7-11H2. The molecule has 2 N–H and O–H groups in total. The van der Waals surface area contributed by atoms with Crippen LogP contribution >= 0.6 is 0 Å². The van der Waals surface area contributed by atoms with Crippen LogP contribution in [0.3, 0.4) is 0 Å². The molecule has 20 heavy (non-hydrogen) atoms. The SMILES string of the molecule is O=S(=O)(c1ccccc1N1CC=CN1)N1CCNCC1. The van der Waals surface area contributed by atoms with E-state index in [9.17, 15) is 8.42 Å². The monoisotopic (exact) mass is 294 g/mol. The number of hydrogen-bond acceptors (Lipinski definition) is 5. The molecule has 0 radical (unpaired) electrons. The van der Waals surface area contributed by atoms with Gasteiger partial charge in [-0.2, -0.15) is 4.31 Å². The Hall–Kier alpha value is -1.57. The van der Waals surface area contributed by atoms with Crippen LogP contribution in [0.1, 0.15) is 0 Å². The van der Waals surface area contributed by atoms with Crippen LogP contribution in [0.15, 0.2) is 41.4 Å². The summed E-state index contributed by atoms with van der Waals surface area (Å²) in [5.74, 6) is 0. The molecule has 7 heteroatoms. The minimum atomic E-state index is -3.45. The molecule has 0 spiro atoms. The Bertz CT molecular complexity index is 601. The summed E-state index contributed by atoms with van der Waals surface area (Å²) in [6.45, 7) is 3.09. The number of piperazine rings is 1. The van der Waals surface area contributed by atoms with Crippen molar-refractivity contribution in [3.63, 3.8) is 0 Å². The van der Waals surface area contributed by atoms with E-state index < -0.39 is 10.0 Å². The molecule has 0 atom stereocenters. The van der Waals surface area contributed by atoms with Crippen molar-refractivity contribution in [3.05, 3.63) is 36.5 Å². The summed E-state index contributed by atoms with van der Waals surface area (Å²) in [6.07, 6.45) is 3.77. The van der Waals surface area contributed by atoms with Crippen LogP contribution in [0.4, 0.5) is 5.69 Å². The molecular weight excluding hydrogens is 276 g/mol. The zero-order valence-electron chi connectivity index (χ0n) is 11.1. The zero-order valence-corrected chi connectivity index (χ0v) is 11.9. The van der Waals surface area contributed by atoms with Crippen LogP contribution in [0.5, 0.6) is 0 Å². The first kappa shape index (κ1) is 13.4. The number of nitrogens with one attached hydrogen (secondary N) is 2. The highest BCUT2D eigenvalue weighted by atomic mass is 32.2. The molecule has 0 aliphatic carbocycles. The fourth-order valence-corrected chi connectivity index (χ4v) is 4.08. The molecule has 1 fully saturated rings. The predicted molar refractivity (Wildman–Crippen MR) is 77.7 cm³/mol. The third-order valence-electron chi connectivity index (χ3n) is 3.49. The van der Waals surface area contributed by atoms with Crippen molar-refractivity contribution in [1.29, 1.82) is 0 Å². The van der Waals surface area contributed by atoms with E-state index in [0.717, 1.165) is 0 Å². The smallest absolute Gasteiger partial charge is 0.245 e. The summed E-state index contributed by atoms with van der Waals surface area (Å²) in [5.41, 5.74) is 3.74. The normalized spacial score (nSPS) is 20.1. The first-order valence-electron chi connectivity index (χ1n) is 6.68. The quantitative estimate of drug-likeness (QED) is 0.829. The van der Waals surface area contributed by atoms with Crippen molar-refractivity contribution in [2.45, 2.75) is 4.90 Å². The van der Waals surface area contributed by atoms with Gasteiger partial charge in [-0.1, -0.05) is 12.1 Å². The molecule has 0 bridgehead atoms. The molecule has 1 aromatic carbocycles. The van der Waals surface area contributed by atoms with Gasteiger partial charge in [0, 0.05) is 32.4 Å². The van der Waals surface area contributed by atoms with E-state index in [-0.39, 0.29) is 0 Å². The van der Waals surface area contributed by atoms with Crippen molar-refractivity contribution in [1.82, 2.24) is 15.0 Å². The maximum absolute atomic E-state index is 12.8. The predicted octanol–water partition coefficient (Wildman–Crippen LogP) is 0.119. The highest BCUT2D eigenvalue weighted by Crippen LogP contribution is 2.27. The third kappa shape index (κ3) is 2.39. The Morgan fingerprint density at radius 3 is 2.55 bits per heavy atom. The summed E-state index contributed by atoms with van der Waals surface area (Å²) >= 11 is 0. The number of rotatable bonds is 3. The van der Waals surface area contributed by atoms with Gasteiger partial charge in [0.1, 0.15) is 4.90 Å². The molecule has 0 aromatic heterocycles. The number of benzene rings is 1. The number of hydrazine groups is 1. The first-order chi connectivity index (χ1) is 9.69. The van der Waals surface area contributed by atoms with Crippen molar-refractivity contribution in [3.8, 4) is 0 Å².